The molecule has 0 saturated carbocycles. The predicted octanol–water partition coefficient (Wildman–Crippen LogP) is -6.55. The third-order valence-electron chi connectivity index (χ3n) is 3.48. The molecule has 13 nitrogen and oxygen atoms in total. The molecule has 15 N–H and O–H groups in total. The van der Waals surface area contributed by atoms with E-state index in [2.05, 4.69) is 10.6 Å². The van der Waals surface area contributed by atoms with Crippen LogP contribution < -0.4 is 16.8 Å². The summed E-state index contributed by atoms with van der Waals surface area (Å²) in [5.74, 6) is 0. The number of rotatable bonds is 12. The van der Waals surface area contributed by atoms with Gasteiger partial charge in [-0.2, -0.15) is 0 Å². The fourth-order valence-corrected chi connectivity index (χ4v) is 1.79. The van der Waals surface area contributed by atoms with Gasteiger partial charge in [-0.3, -0.25) is 0 Å². The van der Waals surface area contributed by atoms with E-state index in [0.717, 1.165) is 0 Å². The lowest BCUT2D eigenvalue weighted by molar-refractivity contribution is -0.113. The molecule has 168 valence electrons. The van der Waals surface area contributed by atoms with Crippen molar-refractivity contribution in [1.82, 2.24) is 16.8 Å². The van der Waals surface area contributed by atoms with Crippen LogP contribution in [0, 0.1) is 0 Å². The third-order valence-corrected chi connectivity index (χ3v) is 3.48. The molecule has 0 saturated heterocycles. The Morgan fingerprint density at radius 2 is 0.741 bits per heavy atom. The van der Waals surface area contributed by atoms with E-state index >= 15 is 0 Å². The Kier molecular flexibility index (Phi) is 20.3. The van der Waals surface area contributed by atoms with Crippen LogP contribution in [0.25, 0.3) is 0 Å². The average Bonchev–Trinajstić information content (AvgIpc) is 2.64. The molecule has 0 spiro atoms. The lowest BCUT2D eigenvalue weighted by Gasteiger charge is -2.25. The molecule has 0 aromatic rings. The summed E-state index contributed by atoms with van der Waals surface area (Å²) in [6.45, 7) is -1.14. The monoisotopic (exact) mass is 407 g/mol. The first-order valence-electron chi connectivity index (χ1n) is 8.04. The van der Waals surface area contributed by atoms with Gasteiger partial charge in [0.1, 0.15) is 36.6 Å². The molecule has 0 aromatic carbocycles. The van der Waals surface area contributed by atoms with Gasteiger partial charge >= 0.3 is 0 Å². The van der Waals surface area contributed by atoms with Crippen LogP contribution in [-0.4, -0.2) is 140 Å². The average molecular weight is 407 g/mol. The van der Waals surface area contributed by atoms with Gasteiger partial charge in [0.15, 0.2) is 0 Å². The molecule has 0 heterocycles. The molecule has 27 heavy (non-hydrogen) atoms. The van der Waals surface area contributed by atoms with E-state index in [0.29, 0.717) is 0 Å². The molecule has 0 aromatic heterocycles. The van der Waals surface area contributed by atoms with Crippen molar-refractivity contribution in [2.24, 2.45) is 0 Å². The molecule has 0 amide bonds. The zero-order valence-electron chi connectivity index (χ0n) is 15.6. The second-order valence-corrected chi connectivity index (χ2v) is 5.71. The Labute approximate surface area is 158 Å². The van der Waals surface area contributed by atoms with Crippen LogP contribution in [0.5, 0.6) is 0 Å². The minimum atomic E-state index is -1.55. The highest BCUT2D eigenvalue weighted by atomic mass is 16.4. The van der Waals surface area contributed by atoms with Gasteiger partial charge in [-0.05, 0) is 14.1 Å². The van der Waals surface area contributed by atoms with E-state index in [1.165, 1.54) is 0 Å². The Hall–Kier alpha value is -0.520. The highest BCUT2D eigenvalue weighted by molar-refractivity contribution is 4.82. The van der Waals surface area contributed by atoms with E-state index in [9.17, 15) is 10.2 Å². The molecule has 0 aliphatic heterocycles. The summed E-state index contributed by atoms with van der Waals surface area (Å²) >= 11 is 0. The van der Waals surface area contributed by atoms with E-state index in [1.54, 1.807) is 14.1 Å². The van der Waals surface area contributed by atoms with Crippen molar-refractivity contribution in [2.45, 2.75) is 48.8 Å². The first-order valence-corrected chi connectivity index (χ1v) is 8.04. The zero-order valence-corrected chi connectivity index (χ0v) is 15.6. The first-order chi connectivity index (χ1) is 12.1. The van der Waals surface area contributed by atoms with Crippen molar-refractivity contribution in [3.8, 4) is 0 Å². The van der Waals surface area contributed by atoms with E-state index < -0.39 is 62.0 Å². The van der Waals surface area contributed by atoms with Crippen LogP contribution >= 0.6 is 0 Å². The highest BCUT2D eigenvalue weighted by Gasteiger charge is 2.30. The summed E-state index contributed by atoms with van der Waals surface area (Å²) in [4.78, 5) is 0. The van der Waals surface area contributed by atoms with Gasteiger partial charge in [-0.1, -0.05) is 0 Å². The van der Waals surface area contributed by atoms with Gasteiger partial charge in [0.25, 0.3) is 0 Å². The normalized spacial score (nSPS) is 20.0. The van der Waals surface area contributed by atoms with Crippen molar-refractivity contribution in [3.05, 3.63) is 0 Å². The lowest BCUT2D eigenvalue weighted by Crippen LogP contribution is -2.48. The van der Waals surface area contributed by atoms with Gasteiger partial charge in [0.2, 0.25) is 0 Å². The summed E-state index contributed by atoms with van der Waals surface area (Å²) < 4.78 is 0. The zero-order chi connectivity index (χ0) is 20.9. The summed E-state index contributed by atoms with van der Waals surface area (Å²) in [5.41, 5.74) is 0. The molecule has 0 radical (unpaired) electrons. The molecular weight excluding hydrogens is 370 g/mol. The summed E-state index contributed by atoms with van der Waals surface area (Å²) in [6.07, 6.45) is -11.3. The van der Waals surface area contributed by atoms with Crippen molar-refractivity contribution in [1.29, 1.82) is 0 Å². The fourth-order valence-electron chi connectivity index (χ4n) is 1.79. The van der Waals surface area contributed by atoms with Crippen LogP contribution in [0.3, 0.4) is 0 Å². The quantitative estimate of drug-likeness (QED) is 0.144. The van der Waals surface area contributed by atoms with Crippen LogP contribution in [0.1, 0.15) is 0 Å². The SMILES string of the molecule is CNC[C@H](O)[C@@H](O)[C@H](O)[C@H](O)CO.CNC[C@H](O)[C@@H](O)[C@H](O)[C@H](O)CO.N. The molecule has 0 bridgehead atoms. The Morgan fingerprint density at radius 1 is 0.519 bits per heavy atom. The number of hydrogen-bond acceptors (Lipinski definition) is 13. The molecular formula is C14H37N3O10. The van der Waals surface area contributed by atoms with Gasteiger partial charge in [0, 0.05) is 13.1 Å². The maximum absolute atomic E-state index is 9.21. The summed E-state index contributed by atoms with van der Waals surface area (Å²) in [6, 6.07) is 0. The number of aliphatic hydroxyl groups excluding tert-OH is 10. The van der Waals surface area contributed by atoms with Crippen molar-refractivity contribution < 1.29 is 51.1 Å². The molecule has 0 fully saturated rings. The van der Waals surface area contributed by atoms with Crippen molar-refractivity contribution in [2.75, 3.05) is 40.4 Å². The largest absolute Gasteiger partial charge is 0.394 e. The van der Waals surface area contributed by atoms with Gasteiger partial charge in [0.05, 0.1) is 25.4 Å². The van der Waals surface area contributed by atoms with Crippen LogP contribution in [-0.2, 0) is 0 Å². The van der Waals surface area contributed by atoms with Crippen molar-refractivity contribution in [3.63, 3.8) is 0 Å². The predicted molar refractivity (Wildman–Crippen MR) is 95.1 cm³/mol. The molecule has 0 rings (SSSR count). The lowest BCUT2D eigenvalue weighted by atomic mass is 10.0. The van der Waals surface area contributed by atoms with Gasteiger partial charge in [-0.15, -0.1) is 0 Å². The Morgan fingerprint density at radius 3 is 0.926 bits per heavy atom. The van der Waals surface area contributed by atoms with Crippen LogP contribution in [0.2, 0.25) is 0 Å². The number of likely N-dealkylation sites (N-methyl/N-ethyl adjacent to an activating group) is 2. The molecule has 8 atom stereocenters. The Balaban J connectivity index is -0.000000411. The first kappa shape index (κ1) is 31.2. The van der Waals surface area contributed by atoms with E-state index in [4.69, 9.17) is 40.9 Å². The maximum atomic E-state index is 9.21. The molecule has 13 heteroatoms. The molecule has 0 aliphatic carbocycles. The summed E-state index contributed by atoms with van der Waals surface area (Å²) in [7, 11) is 3.15. The van der Waals surface area contributed by atoms with Crippen molar-refractivity contribution >= 4 is 0 Å². The van der Waals surface area contributed by atoms with E-state index in [1.807, 2.05) is 0 Å². The second kappa shape index (κ2) is 17.6. The van der Waals surface area contributed by atoms with E-state index in [-0.39, 0.29) is 19.2 Å². The number of nitrogens with one attached hydrogen (secondary N) is 2. The minimum Gasteiger partial charge on any atom is -0.394 e. The molecule has 0 unspecified atom stereocenters. The number of hydrogen-bond donors (Lipinski definition) is 13. The van der Waals surface area contributed by atoms with Crippen LogP contribution in [0.15, 0.2) is 0 Å². The maximum Gasteiger partial charge on any atom is 0.111 e. The third kappa shape index (κ3) is 12.5. The second-order valence-electron chi connectivity index (χ2n) is 5.71. The standard InChI is InChI=1S/2C7H17NO5.H3N/c2*1-8-2-4(10)6(12)7(13)5(11)3-9;/h2*4-13H,2-3H2,1H3;1H3/t2*4-,5+,6+,7+;/m00./s1. The minimum absolute atomic E-state index is 0. The van der Waals surface area contributed by atoms with Crippen LogP contribution in [0.4, 0.5) is 0 Å². The molecule has 0 aliphatic rings. The smallest absolute Gasteiger partial charge is 0.111 e. The highest BCUT2D eigenvalue weighted by Crippen LogP contribution is 2.04. The summed E-state index contributed by atoms with van der Waals surface area (Å²) in [5, 5.41) is 95.0. The number of aliphatic hydroxyl groups is 10. The fraction of sp³-hybridized carbons (Fsp3) is 1.00. The topological polar surface area (TPSA) is 261 Å². The Bertz CT molecular complexity index is 302. The van der Waals surface area contributed by atoms with Gasteiger partial charge < -0.3 is 67.8 Å². The van der Waals surface area contributed by atoms with Gasteiger partial charge in [-0.25, -0.2) is 0 Å².